The first-order chi connectivity index (χ1) is 17.8. The van der Waals surface area contributed by atoms with Crippen molar-refractivity contribution >= 4 is 33.1 Å². The third kappa shape index (κ3) is 8.95. The van der Waals surface area contributed by atoms with Gasteiger partial charge in [-0.15, -0.1) is 0 Å². The number of methoxy groups -OCH3 is 1. The van der Waals surface area contributed by atoms with E-state index in [1.807, 2.05) is 47.2 Å². The van der Waals surface area contributed by atoms with Crippen LogP contribution in [0.1, 0.15) is 26.3 Å². The van der Waals surface area contributed by atoms with Crippen LogP contribution in [0.25, 0.3) is 11.0 Å². The van der Waals surface area contributed by atoms with Crippen LogP contribution in [0.5, 0.6) is 11.5 Å². The van der Waals surface area contributed by atoms with Crippen molar-refractivity contribution in [2.24, 2.45) is 0 Å². The summed E-state index contributed by atoms with van der Waals surface area (Å²) in [6.45, 7) is 6.42. The summed E-state index contributed by atoms with van der Waals surface area (Å²) in [5, 5.41) is 3.47. The van der Waals surface area contributed by atoms with Crippen molar-refractivity contribution in [2.45, 2.75) is 45.6 Å². The van der Waals surface area contributed by atoms with Gasteiger partial charge < -0.3 is 28.8 Å². The minimum atomic E-state index is -0.881. The first-order valence-corrected chi connectivity index (χ1v) is 15.4. The van der Waals surface area contributed by atoms with E-state index in [0.717, 1.165) is 22.3 Å². The summed E-state index contributed by atoms with van der Waals surface area (Å²) in [7, 11) is 0.689. The van der Waals surface area contributed by atoms with Crippen LogP contribution in [0.4, 0.5) is 4.79 Å². The van der Waals surface area contributed by atoms with Crippen molar-refractivity contribution in [1.29, 1.82) is 0 Å². The number of nitrogens with one attached hydrogen (secondary N) is 1. The molecule has 2 aromatic heterocycles. The Morgan fingerprint density at radius 2 is 1.79 bits per heavy atom. The minimum absolute atomic E-state index is 0.241. The number of fused-ring (bicyclic) bond motifs is 1. The van der Waals surface area contributed by atoms with E-state index in [1.54, 1.807) is 27.0 Å². The fourth-order valence-corrected chi connectivity index (χ4v) is 4.19. The fourth-order valence-electron chi connectivity index (χ4n) is 3.57. The van der Waals surface area contributed by atoms with E-state index in [9.17, 15) is 9.59 Å². The van der Waals surface area contributed by atoms with Crippen LogP contribution < -0.4 is 10.1 Å². The topological polar surface area (TPSA) is 101 Å². The summed E-state index contributed by atoms with van der Waals surface area (Å²) in [5.74, 6) is 1.82. The molecule has 0 bridgehead atoms. The number of esters is 1. The highest BCUT2D eigenvalue weighted by molar-refractivity contribution is 8.32. The van der Waals surface area contributed by atoms with Gasteiger partial charge in [-0.2, -0.15) is 0 Å². The predicted molar refractivity (Wildman–Crippen MR) is 151 cm³/mol. The zero-order chi connectivity index (χ0) is 27.9. The average molecular weight is 546 g/mol. The standard InChI is InChI=1S/C28H39N3O6S/c1-28(2,3)37-27(33)30-23(26(32)34-4)18-20-8-10-21(11-9-20)36-24-12-14-29-25-22(24)13-15-31(25)19-35-16-17-38(5,6)7/h8-15,23H,16-19H2,1-7H3,(H,30,33). The number of hydrogen-bond acceptors (Lipinski definition) is 7. The van der Waals surface area contributed by atoms with Crippen LogP contribution in [0.15, 0.2) is 48.8 Å². The Morgan fingerprint density at radius 3 is 2.42 bits per heavy atom. The van der Waals surface area contributed by atoms with Crippen LogP contribution in [-0.2, 0) is 32.2 Å². The zero-order valence-electron chi connectivity index (χ0n) is 23.3. The molecule has 208 valence electrons. The second kappa shape index (κ2) is 12.5. The average Bonchev–Trinajstić information content (AvgIpc) is 3.24. The number of rotatable bonds is 11. The molecule has 38 heavy (non-hydrogen) atoms. The maximum Gasteiger partial charge on any atom is 0.408 e. The molecular weight excluding hydrogens is 506 g/mol. The normalized spacial score (nSPS) is 13.1. The summed E-state index contributed by atoms with van der Waals surface area (Å²) in [4.78, 5) is 28.9. The lowest BCUT2D eigenvalue weighted by Gasteiger charge is -2.24. The summed E-state index contributed by atoms with van der Waals surface area (Å²) in [5.41, 5.74) is 0.934. The van der Waals surface area contributed by atoms with Crippen molar-refractivity contribution in [3.8, 4) is 11.5 Å². The first-order valence-electron chi connectivity index (χ1n) is 12.4. The van der Waals surface area contributed by atoms with Gasteiger partial charge in [0.1, 0.15) is 35.5 Å². The Balaban J connectivity index is 1.65. The van der Waals surface area contributed by atoms with Crippen LogP contribution in [0.3, 0.4) is 0 Å². The highest BCUT2D eigenvalue weighted by atomic mass is 32.3. The lowest BCUT2D eigenvalue weighted by molar-refractivity contribution is -0.143. The molecule has 10 heteroatoms. The maximum absolute atomic E-state index is 12.2. The molecule has 0 fully saturated rings. The Bertz CT molecular complexity index is 1230. The summed E-state index contributed by atoms with van der Waals surface area (Å²) >= 11 is 0. The monoisotopic (exact) mass is 545 g/mol. The molecule has 0 aliphatic carbocycles. The molecule has 2 heterocycles. The smallest absolute Gasteiger partial charge is 0.408 e. The third-order valence-corrected chi connectivity index (χ3v) is 6.85. The summed E-state index contributed by atoms with van der Waals surface area (Å²) in [6.07, 6.45) is 10.0. The molecule has 1 amide bonds. The van der Waals surface area contributed by atoms with E-state index >= 15 is 0 Å². The Kier molecular flexibility index (Phi) is 9.67. The van der Waals surface area contributed by atoms with Gasteiger partial charge in [0.2, 0.25) is 0 Å². The van der Waals surface area contributed by atoms with E-state index in [2.05, 4.69) is 29.1 Å². The van der Waals surface area contributed by atoms with E-state index in [1.165, 1.54) is 7.11 Å². The predicted octanol–water partition coefficient (Wildman–Crippen LogP) is 5.11. The molecule has 1 aromatic carbocycles. The molecule has 9 nitrogen and oxygen atoms in total. The Labute approximate surface area is 226 Å². The molecule has 0 aliphatic heterocycles. The van der Waals surface area contributed by atoms with E-state index in [4.69, 9.17) is 18.9 Å². The number of nitrogens with zero attached hydrogens (tertiary/aromatic N) is 2. The van der Waals surface area contributed by atoms with E-state index in [0.29, 0.717) is 24.8 Å². The highest BCUT2D eigenvalue weighted by Gasteiger charge is 2.25. The molecule has 1 N–H and O–H groups in total. The molecule has 1 atom stereocenters. The maximum atomic E-state index is 12.2. The Hall–Kier alpha value is -3.24. The van der Waals surface area contributed by atoms with Gasteiger partial charge in [-0.05, 0) is 69.4 Å². The molecular formula is C28H39N3O6S. The van der Waals surface area contributed by atoms with Crippen molar-refractivity contribution in [2.75, 3.05) is 38.2 Å². The zero-order valence-corrected chi connectivity index (χ0v) is 24.1. The van der Waals surface area contributed by atoms with Gasteiger partial charge in [-0.1, -0.05) is 12.1 Å². The van der Waals surface area contributed by atoms with Gasteiger partial charge in [0.25, 0.3) is 0 Å². The number of benzene rings is 1. The van der Waals surface area contributed by atoms with E-state index < -0.39 is 33.7 Å². The number of carbonyl (C=O) groups excluding carboxylic acids is 2. The number of aromatic nitrogens is 2. The number of amides is 1. The van der Waals surface area contributed by atoms with Gasteiger partial charge in [0, 0.05) is 24.6 Å². The lowest BCUT2D eigenvalue weighted by atomic mass is 10.1. The van der Waals surface area contributed by atoms with Crippen LogP contribution in [0.2, 0.25) is 0 Å². The summed E-state index contributed by atoms with van der Waals surface area (Å²) in [6, 6.07) is 10.2. The van der Waals surface area contributed by atoms with Crippen LogP contribution in [0, 0.1) is 0 Å². The first kappa shape index (κ1) is 29.3. The number of carbonyl (C=O) groups is 2. The van der Waals surface area contributed by atoms with Crippen molar-refractivity contribution in [3.05, 3.63) is 54.4 Å². The molecule has 0 spiro atoms. The number of pyridine rings is 1. The second-order valence-corrected chi connectivity index (χ2v) is 15.4. The molecule has 0 saturated carbocycles. The van der Waals surface area contributed by atoms with Crippen LogP contribution >= 0.6 is 10.0 Å². The van der Waals surface area contributed by atoms with Crippen molar-refractivity contribution < 1.29 is 28.5 Å². The largest absolute Gasteiger partial charge is 0.467 e. The number of hydrogen-bond donors (Lipinski definition) is 1. The number of ether oxygens (including phenoxy) is 4. The second-order valence-electron chi connectivity index (χ2n) is 10.8. The molecule has 0 saturated heterocycles. The molecule has 3 rings (SSSR count). The highest BCUT2D eigenvalue weighted by Crippen LogP contribution is 2.34. The number of alkyl carbamates (subject to hydrolysis) is 1. The van der Waals surface area contributed by atoms with E-state index in [-0.39, 0.29) is 6.42 Å². The van der Waals surface area contributed by atoms with Gasteiger partial charge in [0.05, 0.1) is 19.1 Å². The lowest BCUT2D eigenvalue weighted by Crippen LogP contribution is -2.45. The SMILES string of the molecule is COC(=O)C(Cc1ccc(Oc2ccnc3c2ccn3COCCS(C)(C)C)cc1)NC(=O)OC(C)(C)C. The summed E-state index contributed by atoms with van der Waals surface area (Å²) < 4.78 is 24.1. The molecule has 0 radical (unpaired) electrons. The minimum Gasteiger partial charge on any atom is -0.467 e. The Morgan fingerprint density at radius 1 is 1.08 bits per heavy atom. The molecule has 1 unspecified atom stereocenters. The third-order valence-electron chi connectivity index (χ3n) is 5.46. The van der Waals surface area contributed by atoms with Gasteiger partial charge in [-0.25, -0.2) is 24.6 Å². The van der Waals surface area contributed by atoms with Crippen molar-refractivity contribution in [3.63, 3.8) is 0 Å². The van der Waals surface area contributed by atoms with Gasteiger partial charge in [-0.3, -0.25) is 0 Å². The van der Waals surface area contributed by atoms with Gasteiger partial charge >= 0.3 is 12.1 Å². The van der Waals surface area contributed by atoms with Crippen LogP contribution in [-0.4, -0.2) is 71.5 Å². The van der Waals surface area contributed by atoms with Crippen molar-refractivity contribution in [1.82, 2.24) is 14.9 Å². The quantitative estimate of drug-likeness (QED) is 0.264. The molecule has 3 aromatic rings. The van der Waals surface area contributed by atoms with Gasteiger partial charge in [0.15, 0.2) is 0 Å². The fraction of sp³-hybridized carbons (Fsp3) is 0.464. The molecule has 0 aliphatic rings.